The molecule has 0 aromatic carbocycles. The molecule has 1 aliphatic rings. The average Bonchev–Trinajstić information content (AvgIpc) is 2.87. The number of carbonyl (C=O) groups excluding carboxylic acids is 1. The first kappa shape index (κ1) is 15.5. The Morgan fingerprint density at radius 2 is 2.13 bits per heavy atom. The zero-order chi connectivity index (χ0) is 16.4. The Hall–Kier alpha value is -2.44. The highest BCUT2D eigenvalue weighted by Gasteiger charge is 2.24. The van der Waals surface area contributed by atoms with Crippen LogP contribution in [0.1, 0.15) is 29.0 Å². The second-order valence-electron chi connectivity index (χ2n) is 5.84. The van der Waals surface area contributed by atoms with Gasteiger partial charge in [0.2, 0.25) is 0 Å². The van der Waals surface area contributed by atoms with Crippen molar-refractivity contribution in [3.05, 3.63) is 41.6 Å². The molecule has 1 N–H and O–H groups in total. The first-order valence-electron chi connectivity index (χ1n) is 7.71. The van der Waals surface area contributed by atoms with Crippen molar-refractivity contribution in [2.24, 2.45) is 7.05 Å². The molecule has 0 bridgehead atoms. The highest BCUT2D eigenvalue weighted by molar-refractivity contribution is 5.92. The number of rotatable bonds is 3. The zero-order valence-electron chi connectivity index (χ0n) is 13.3. The number of amides is 1. The van der Waals surface area contributed by atoms with Crippen molar-refractivity contribution in [2.75, 3.05) is 18.0 Å². The summed E-state index contributed by atoms with van der Waals surface area (Å²) in [6.07, 6.45) is 3.12. The molecule has 2 aromatic rings. The van der Waals surface area contributed by atoms with E-state index in [1.807, 2.05) is 11.8 Å². The molecule has 3 rings (SSSR count). The van der Waals surface area contributed by atoms with Crippen LogP contribution < -0.4 is 10.2 Å². The Balaban J connectivity index is 1.58. The molecule has 1 amide bonds. The minimum Gasteiger partial charge on any atom is -0.354 e. The second kappa shape index (κ2) is 6.36. The van der Waals surface area contributed by atoms with Crippen LogP contribution in [0.4, 0.5) is 10.2 Å². The van der Waals surface area contributed by atoms with Gasteiger partial charge in [-0.3, -0.25) is 9.48 Å². The molecular formula is C16H20FN5O. The van der Waals surface area contributed by atoms with E-state index >= 15 is 0 Å². The Morgan fingerprint density at radius 3 is 2.74 bits per heavy atom. The molecule has 1 aliphatic heterocycles. The molecule has 122 valence electrons. The van der Waals surface area contributed by atoms with Gasteiger partial charge in [0, 0.05) is 32.4 Å². The van der Waals surface area contributed by atoms with Crippen molar-refractivity contribution >= 4 is 11.7 Å². The lowest BCUT2D eigenvalue weighted by atomic mass is 10.0. The van der Waals surface area contributed by atoms with Gasteiger partial charge in [-0.2, -0.15) is 5.10 Å². The monoisotopic (exact) mass is 317 g/mol. The predicted octanol–water partition coefficient (Wildman–Crippen LogP) is 1.66. The van der Waals surface area contributed by atoms with Crippen LogP contribution >= 0.6 is 0 Å². The smallest absolute Gasteiger partial charge is 0.269 e. The number of aryl methyl sites for hydroxylation is 2. The number of carbonyl (C=O) groups is 1. The lowest BCUT2D eigenvalue weighted by molar-refractivity contribution is 0.0921. The van der Waals surface area contributed by atoms with Crippen molar-refractivity contribution in [2.45, 2.75) is 25.8 Å². The van der Waals surface area contributed by atoms with Crippen molar-refractivity contribution < 1.29 is 9.18 Å². The number of piperidine rings is 1. The third kappa shape index (κ3) is 3.33. The topological polar surface area (TPSA) is 63.1 Å². The van der Waals surface area contributed by atoms with Crippen LogP contribution in [0.15, 0.2) is 24.4 Å². The summed E-state index contributed by atoms with van der Waals surface area (Å²) in [5.41, 5.74) is 1.37. The molecule has 23 heavy (non-hydrogen) atoms. The highest BCUT2D eigenvalue weighted by Crippen LogP contribution is 2.20. The van der Waals surface area contributed by atoms with E-state index in [1.165, 1.54) is 6.07 Å². The maximum atomic E-state index is 13.8. The Bertz CT molecular complexity index is 706. The van der Waals surface area contributed by atoms with E-state index in [1.54, 1.807) is 30.1 Å². The van der Waals surface area contributed by atoms with Crippen LogP contribution in [0.25, 0.3) is 0 Å². The quantitative estimate of drug-likeness (QED) is 0.935. The third-order valence-electron chi connectivity index (χ3n) is 4.10. The molecular weight excluding hydrogens is 297 g/mol. The number of hydrogen-bond acceptors (Lipinski definition) is 4. The molecule has 0 atom stereocenters. The van der Waals surface area contributed by atoms with Crippen molar-refractivity contribution in [1.82, 2.24) is 20.1 Å². The molecule has 0 saturated carbocycles. The molecule has 0 spiro atoms. The summed E-state index contributed by atoms with van der Waals surface area (Å²) in [5.74, 6) is -0.0320. The van der Waals surface area contributed by atoms with E-state index in [-0.39, 0.29) is 17.8 Å². The third-order valence-corrected chi connectivity index (χ3v) is 4.10. The van der Waals surface area contributed by atoms with Crippen molar-refractivity contribution in [1.29, 1.82) is 0 Å². The lowest BCUT2D eigenvalue weighted by Crippen LogP contribution is -2.45. The molecule has 0 unspecified atom stereocenters. The van der Waals surface area contributed by atoms with Crippen LogP contribution in [-0.2, 0) is 7.05 Å². The minimum atomic E-state index is -0.305. The number of pyridine rings is 1. The van der Waals surface area contributed by atoms with E-state index < -0.39 is 0 Å². The van der Waals surface area contributed by atoms with Gasteiger partial charge in [-0.05, 0) is 38.0 Å². The van der Waals surface area contributed by atoms with E-state index in [4.69, 9.17) is 0 Å². The van der Waals surface area contributed by atoms with Gasteiger partial charge in [-0.15, -0.1) is 0 Å². The van der Waals surface area contributed by atoms with Gasteiger partial charge in [0.05, 0.1) is 5.69 Å². The molecule has 1 saturated heterocycles. The zero-order valence-corrected chi connectivity index (χ0v) is 13.3. The van der Waals surface area contributed by atoms with Crippen LogP contribution in [0.2, 0.25) is 0 Å². The fraction of sp³-hybridized carbons (Fsp3) is 0.438. The van der Waals surface area contributed by atoms with Crippen molar-refractivity contribution in [3.8, 4) is 0 Å². The molecule has 0 radical (unpaired) electrons. The number of nitrogens with one attached hydrogen (secondary N) is 1. The van der Waals surface area contributed by atoms with Gasteiger partial charge in [0.15, 0.2) is 11.6 Å². The summed E-state index contributed by atoms with van der Waals surface area (Å²) in [6.45, 7) is 3.20. The molecule has 6 nitrogen and oxygen atoms in total. The standard InChI is InChI=1S/C16H20FN5O/c1-11-10-14(21(2)20-11)16(23)19-12-5-8-22(9-6-12)15-13(17)4-3-7-18-15/h3-4,7,10,12H,5-6,8-9H2,1-2H3,(H,19,23). The number of aromatic nitrogens is 3. The lowest BCUT2D eigenvalue weighted by Gasteiger charge is -2.33. The van der Waals surface area contributed by atoms with Crippen LogP contribution in [-0.4, -0.2) is 39.8 Å². The van der Waals surface area contributed by atoms with Crippen molar-refractivity contribution in [3.63, 3.8) is 0 Å². The Morgan fingerprint density at radius 1 is 1.39 bits per heavy atom. The van der Waals surface area contributed by atoms with Crippen LogP contribution in [0, 0.1) is 12.7 Å². The number of hydrogen-bond donors (Lipinski definition) is 1. The van der Waals surface area contributed by atoms with E-state index in [0.29, 0.717) is 24.6 Å². The maximum absolute atomic E-state index is 13.8. The van der Waals surface area contributed by atoms with Gasteiger partial charge in [0.25, 0.3) is 5.91 Å². The van der Waals surface area contributed by atoms with Crippen LogP contribution in [0.3, 0.4) is 0 Å². The largest absolute Gasteiger partial charge is 0.354 e. The van der Waals surface area contributed by atoms with Gasteiger partial charge in [0.1, 0.15) is 5.69 Å². The Kier molecular flexibility index (Phi) is 4.27. The molecule has 3 heterocycles. The number of anilines is 1. The first-order valence-corrected chi connectivity index (χ1v) is 7.71. The fourth-order valence-corrected chi connectivity index (χ4v) is 2.93. The van der Waals surface area contributed by atoms with Gasteiger partial charge in [-0.25, -0.2) is 9.37 Å². The highest BCUT2D eigenvalue weighted by atomic mass is 19.1. The number of nitrogens with zero attached hydrogens (tertiary/aromatic N) is 4. The molecule has 2 aromatic heterocycles. The Labute approximate surface area is 134 Å². The summed E-state index contributed by atoms with van der Waals surface area (Å²) >= 11 is 0. The summed E-state index contributed by atoms with van der Waals surface area (Å²) in [5, 5.41) is 7.22. The summed E-state index contributed by atoms with van der Waals surface area (Å²) in [4.78, 5) is 18.3. The van der Waals surface area contributed by atoms with Gasteiger partial charge < -0.3 is 10.2 Å². The summed E-state index contributed by atoms with van der Waals surface area (Å²) in [6, 6.07) is 4.86. The summed E-state index contributed by atoms with van der Waals surface area (Å²) < 4.78 is 15.4. The van der Waals surface area contributed by atoms with E-state index in [2.05, 4.69) is 15.4 Å². The minimum absolute atomic E-state index is 0.0840. The second-order valence-corrected chi connectivity index (χ2v) is 5.84. The van der Waals surface area contributed by atoms with Gasteiger partial charge in [-0.1, -0.05) is 0 Å². The normalized spacial score (nSPS) is 15.7. The van der Waals surface area contributed by atoms with E-state index in [9.17, 15) is 9.18 Å². The average molecular weight is 317 g/mol. The first-order chi connectivity index (χ1) is 11.0. The fourth-order valence-electron chi connectivity index (χ4n) is 2.93. The molecule has 1 fully saturated rings. The predicted molar refractivity (Wildman–Crippen MR) is 84.8 cm³/mol. The summed E-state index contributed by atoms with van der Waals surface area (Å²) in [7, 11) is 1.76. The number of halogens is 1. The molecule has 7 heteroatoms. The van der Waals surface area contributed by atoms with Crippen LogP contribution in [0.5, 0.6) is 0 Å². The maximum Gasteiger partial charge on any atom is 0.269 e. The van der Waals surface area contributed by atoms with E-state index in [0.717, 1.165) is 18.5 Å². The molecule has 0 aliphatic carbocycles. The van der Waals surface area contributed by atoms with Gasteiger partial charge >= 0.3 is 0 Å². The SMILES string of the molecule is Cc1cc(C(=O)NC2CCN(c3ncccc3F)CC2)n(C)n1.